The quantitative estimate of drug-likeness (QED) is 0.587. The first kappa shape index (κ1) is 15.1. The maximum absolute atomic E-state index is 4.73. The predicted molar refractivity (Wildman–Crippen MR) is 81.1 cm³/mol. The zero-order valence-electron chi connectivity index (χ0n) is 10.4. The molecule has 2 aromatic heterocycles. The summed E-state index contributed by atoms with van der Waals surface area (Å²) in [5.41, 5.74) is 3.66. The zero-order valence-corrected chi connectivity index (χ0v) is 12.9. The fraction of sp³-hybridized carbons (Fsp3) is 0. The van der Waals surface area contributed by atoms with Crippen molar-refractivity contribution < 1.29 is 12.9 Å². The number of benzene rings is 1. The van der Waals surface area contributed by atoms with E-state index < -0.39 is 0 Å². The van der Waals surface area contributed by atoms with Gasteiger partial charge in [-0.25, -0.2) is 0 Å². The van der Waals surface area contributed by atoms with Gasteiger partial charge in [-0.3, -0.25) is 4.98 Å². The van der Waals surface area contributed by atoms with Crippen LogP contribution in [-0.2, 0) is 12.9 Å². The van der Waals surface area contributed by atoms with Gasteiger partial charge in [0.2, 0.25) is 0 Å². The number of hydrogen-bond donors (Lipinski definition) is 0. The maximum atomic E-state index is 4.73. The van der Waals surface area contributed by atoms with Gasteiger partial charge in [0.25, 0.3) is 0 Å². The van der Waals surface area contributed by atoms with Crippen molar-refractivity contribution >= 4 is 31.2 Å². The first-order valence-corrected chi connectivity index (χ1v) is 8.59. The third-order valence-electron chi connectivity index (χ3n) is 2.73. The van der Waals surface area contributed by atoms with Gasteiger partial charge in [-0.05, 0) is 23.7 Å². The molecule has 0 saturated carbocycles. The summed E-state index contributed by atoms with van der Waals surface area (Å²) >= 11 is 0.382. The zero-order chi connectivity index (χ0) is 14.4. The van der Waals surface area contributed by atoms with Crippen LogP contribution in [0, 0.1) is 6.92 Å². The van der Waals surface area contributed by atoms with Crippen molar-refractivity contribution in [1.82, 2.24) is 9.97 Å². The number of para-hydroxylation sites is 1. The Morgan fingerprint density at radius 2 is 1.70 bits per heavy atom. The summed E-state index contributed by atoms with van der Waals surface area (Å²) in [4.78, 5) is 8.92. The van der Waals surface area contributed by atoms with E-state index >= 15 is 0 Å². The number of pyridine rings is 2. The molecule has 1 aromatic carbocycles. The number of hydrogen-bond acceptors (Lipinski definition) is 2. The topological polar surface area (TPSA) is 25.8 Å². The van der Waals surface area contributed by atoms with E-state index in [1.54, 1.807) is 6.20 Å². The summed E-state index contributed by atoms with van der Waals surface area (Å²) < 4.78 is 0. The molecule has 3 rings (SSSR count). The van der Waals surface area contributed by atoms with Gasteiger partial charge in [0.15, 0.2) is 0 Å². The molecule has 0 radical (unpaired) electrons. The van der Waals surface area contributed by atoms with E-state index in [4.69, 9.17) is 20.3 Å². The summed E-state index contributed by atoms with van der Waals surface area (Å²) in [6, 6.07) is 15.9. The van der Waals surface area contributed by atoms with Gasteiger partial charge in [0.05, 0.1) is 11.4 Å². The van der Waals surface area contributed by atoms with Gasteiger partial charge < -0.3 is 4.98 Å². The van der Waals surface area contributed by atoms with Gasteiger partial charge in [0.1, 0.15) is 0 Å². The first-order valence-electron chi connectivity index (χ1n) is 5.73. The molecule has 0 spiro atoms. The van der Waals surface area contributed by atoms with Crippen LogP contribution in [0.3, 0.4) is 0 Å². The van der Waals surface area contributed by atoms with Crippen molar-refractivity contribution in [3.63, 3.8) is 0 Å². The fourth-order valence-electron chi connectivity index (χ4n) is 1.87. The van der Waals surface area contributed by atoms with Crippen molar-refractivity contribution in [3.8, 4) is 11.4 Å². The van der Waals surface area contributed by atoms with Crippen molar-refractivity contribution in [2.24, 2.45) is 0 Å². The molecule has 2 heterocycles. The van der Waals surface area contributed by atoms with Gasteiger partial charge in [0, 0.05) is 6.20 Å². The Kier molecular flexibility index (Phi) is 5.67. The first-order chi connectivity index (χ1) is 9.76. The third kappa shape index (κ3) is 3.64. The number of rotatable bonds is 1. The average molecular weight is 349 g/mol. The molecule has 0 saturated heterocycles. The summed E-state index contributed by atoms with van der Waals surface area (Å²) in [5, 5.41) is 1.11. The SMILES string of the molecule is [CH2-]c1cccc2ccc(-c3ccccn3)nc12.[Cl][Co+][Cl]. The number of aromatic nitrogens is 2. The van der Waals surface area contributed by atoms with Crippen molar-refractivity contribution in [3.05, 3.63) is 67.2 Å². The van der Waals surface area contributed by atoms with E-state index in [1.165, 1.54) is 0 Å². The average Bonchev–Trinajstić information content (AvgIpc) is 2.49. The molecular weight excluding hydrogens is 338 g/mol. The Bertz CT molecular complexity index is 690. The predicted octanol–water partition coefficient (Wildman–Crippen LogP) is 4.86. The molecule has 0 aliphatic carbocycles. The second kappa shape index (κ2) is 7.50. The molecule has 3 aromatic rings. The van der Waals surface area contributed by atoms with Gasteiger partial charge in [-0.1, -0.05) is 23.6 Å². The molecule has 0 aliphatic rings. The molecule has 0 bridgehead atoms. The molecule has 2 nitrogen and oxygen atoms in total. The van der Waals surface area contributed by atoms with Crippen LogP contribution >= 0.6 is 20.3 Å². The molecule has 0 aliphatic heterocycles. The Hall–Kier alpha value is -1.26. The van der Waals surface area contributed by atoms with Gasteiger partial charge in [-0.2, -0.15) is 18.6 Å². The summed E-state index contributed by atoms with van der Waals surface area (Å²) in [7, 11) is 9.47. The molecule has 0 amide bonds. The van der Waals surface area contributed by atoms with Crippen LogP contribution in [0.5, 0.6) is 0 Å². The standard InChI is InChI=1S/C15H11N2.2ClH.Co/c1-11-5-4-6-12-8-9-14(17-15(11)12)13-7-2-3-10-16-13;;;/h2-10H,1H2;2*1H;/q-1;;;+3/p-2. The molecule has 104 valence electrons. The molecule has 5 heteroatoms. The van der Waals surface area contributed by atoms with Gasteiger partial charge >= 0.3 is 33.2 Å². The number of halogens is 2. The Balaban J connectivity index is 0.000000452. The van der Waals surface area contributed by atoms with E-state index in [1.807, 2.05) is 42.5 Å². The Morgan fingerprint density at radius 1 is 0.900 bits per heavy atom. The van der Waals surface area contributed by atoms with E-state index in [0.717, 1.165) is 27.9 Å². The molecular formula is C15H11Cl2CoN2. The van der Waals surface area contributed by atoms with E-state index in [2.05, 4.69) is 23.0 Å². The van der Waals surface area contributed by atoms with Crippen LogP contribution < -0.4 is 0 Å². The Labute approximate surface area is 132 Å². The Morgan fingerprint density at radius 3 is 2.40 bits per heavy atom. The number of fused-ring (bicyclic) bond motifs is 1. The van der Waals surface area contributed by atoms with E-state index in [0.29, 0.717) is 12.9 Å². The van der Waals surface area contributed by atoms with Crippen LogP contribution in [-0.4, -0.2) is 9.97 Å². The second-order valence-electron chi connectivity index (χ2n) is 3.95. The summed E-state index contributed by atoms with van der Waals surface area (Å²) in [6.07, 6.45) is 1.78. The van der Waals surface area contributed by atoms with Crippen LogP contribution in [0.2, 0.25) is 0 Å². The van der Waals surface area contributed by atoms with Crippen LogP contribution in [0.15, 0.2) is 54.7 Å². The normalized spacial score (nSPS) is 10.1. The molecule has 0 atom stereocenters. The van der Waals surface area contributed by atoms with E-state index in [9.17, 15) is 0 Å². The van der Waals surface area contributed by atoms with Crippen LogP contribution in [0.1, 0.15) is 5.56 Å². The van der Waals surface area contributed by atoms with Crippen molar-refractivity contribution in [1.29, 1.82) is 0 Å². The van der Waals surface area contributed by atoms with E-state index in [-0.39, 0.29) is 0 Å². The van der Waals surface area contributed by atoms with Crippen molar-refractivity contribution in [2.45, 2.75) is 0 Å². The second-order valence-corrected chi connectivity index (χ2v) is 5.67. The van der Waals surface area contributed by atoms with Crippen LogP contribution in [0.4, 0.5) is 0 Å². The fourth-order valence-corrected chi connectivity index (χ4v) is 1.87. The van der Waals surface area contributed by atoms with Crippen LogP contribution in [0.25, 0.3) is 22.3 Å². The summed E-state index contributed by atoms with van der Waals surface area (Å²) in [5.74, 6) is 0. The van der Waals surface area contributed by atoms with Gasteiger partial charge in [-0.15, -0.1) is 6.07 Å². The minimum absolute atomic E-state index is 0.382. The molecule has 0 unspecified atom stereocenters. The molecule has 0 N–H and O–H groups in total. The summed E-state index contributed by atoms with van der Waals surface area (Å²) in [6.45, 7) is 4.00. The molecule has 20 heavy (non-hydrogen) atoms. The number of nitrogens with zero attached hydrogens (tertiary/aromatic N) is 2. The monoisotopic (exact) mass is 348 g/mol. The van der Waals surface area contributed by atoms with Crippen molar-refractivity contribution in [2.75, 3.05) is 0 Å². The minimum atomic E-state index is 0.382. The molecule has 0 fully saturated rings. The third-order valence-corrected chi connectivity index (χ3v) is 2.73.